The summed E-state index contributed by atoms with van der Waals surface area (Å²) in [6, 6.07) is 7.87. The fourth-order valence-corrected chi connectivity index (χ4v) is 1.92. The number of carbonyl (C=O) groups is 1. The van der Waals surface area contributed by atoms with Crippen molar-refractivity contribution < 1.29 is 9.21 Å². The molecule has 0 aliphatic heterocycles. The highest BCUT2D eigenvalue weighted by molar-refractivity contribution is 5.82. The van der Waals surface area contributed by atoms with Crippen LogP contribution in [-0.4, -0.2) is 12.5 Å². The Bertz CT molecular complexity index is 546. The number of nitrogens with two attached hydrogens (primary N) is 1. The summed E-state index contributed by atoms with van der Waals surface area (Å²) in [5.41, 5.74) is 7.31. The van der Waals surface area contributed by atoms with E-state index in [0.29, 0.717) is 25.9 Å². The maximum absolute atomic E-state index is 11.5. The minimum Gasteiger partial charge on any atom is -0.459 e. The number of benzene rings is 1. The topological polar surface area (TPSA) is 68.3 Å². The van der Waals surface area contributed by atoms with E-state index < -0.39 is 0 Å². The highest BCUT2D eigenvalue weighted by Crippen LogP contribution is 2.24. The first kappa shape index (κ1) is 12.6. The Morgan fingerprint density at radius 1 is 1.39 bits per heavy atom. The molecule has 0 fully saturated rings. The number of furan rings is 1. The Kier molecular flexibility index (Phi) is 3.99. The first-order valence-electron chi connectivity index (χ1n) is 6.16. The second-order valence-corrected chi connectivity index (χ2v) is 4.32. The van der Waals surface area contributed by atoms with E-state index in [4.69, 9.17) is 10.2 Å². The van der Waals surface area contributed by atoms with Crippen LogP contribution in [0.5, 0.6) is 0 Å². The van der Waals surface area contributed by atoms with Gasteiger partial charge in [0.15, 0.2) is 0 Å². The molecule has 0 aliphatic rings. The van der Waals surface area contributed by atoms with Crippen molar-refractivity contribution in [3.8, 4) is 0 Å². The summed E-state index contributed by atoms with van der Waals surface area (Å²) in [6.45, 7) is 2.98. The number of aryl methyl sites for hydroxylation is 1. The van der Waals surface area contributed by atoms with E-state index >= 15 is 0 Å². The molecular weight excluding hydrogens is 228 g/mol. The van der Waals surface area contributed by atoms with E-state index in [9.17, 15) is 4.79 Å². The summed E-state index contributed by atoms with van der Waals surface area (Å²) in [4.78, 5) is 11.5. The number of hydrogen-bond acceptors (Lipinski definition) is 3. The van der Waals surface area contributed by atoms with E-state index in [1.807, 2.05) is 31.2 Å². The van der Waals surface area contributed by atoms with Gasteiger partial charge in [0, 0.05) is 17.4 Å². The smallest absolute Gasteiger partial charge is 0.220 e. The standard InChI is InChI=1S/C14H18N2O2/c1-10-11-5-2-3-6-12(11)18-13(10)9-16-14(17)7-4-8-15/h2-3,5-6H,4,7-9,15H2,1H3,(H,16,17). The molecule has 4 heteroatoms. The van der Waals surface area contributed by atoms with Crippen molar-refractivity contribution >= 4 is 16.9 Å². The zero-order valence-corrected chi connectivity index (χ0v) is 10.5. The summed E-state index contributed by atoms with van der Waals surface area (Å²) in [7, 11) is 0. The van der Waals surface area contributed by atoms with Gasteiger partial charge in [0.2, 0.25) is 5.91 Å². The average Bonchev–Trinajstić information content (AvgIpc) is 2.71. The van der Waals surface area contributed by atoms with E-state index in [-0.39, 0.29) is 5.91 Å². The van der Waals surface area contributed by atoms with E-state index in [2.05, 4.69) is 5.32 Å². The lowest BCUT2D eigenvalue weighted by Crippen LogP contribution is -2.23. The molecule has 18 heavy (non-hydrogen) atoms. The maximum Gasteiger partial charge on any atom is 0.220 e. The Morgan fingerprint density at radius 2 is 2.17 bits per heavy atom. The van der Waals surface area contributed by atoms with Crippen molar-refractivity contribution in [2.75, 3.05) is 6.54 Å². The normalized spacial score (nSPS) is 10.8. The van der Waals surface area contributed by atoms with E-state index in [1.165, 1.54) is 0 Å². The second-order valence-electron chi connectivity index (χ2n) is 4.32. The van der Waals surface area contributed by atoms with Crippen molar-refractivity contribution in [1.29, 1.82) is 0 Å². The lowest BCUT2D eigenvalue weighted by atomic mass is 10.1. The third-order valence-corrected chi connectivity index (χ3v) is 3.00. The minimum atomic E-state index is 0.0142. The molecule has 4 nitrogen and oxygen atoms in total. The number of fused-ring (bicyclic) bond motifs is 1. The number of carbonyl (C=O) groups excluding carboxylic acids is 1. The first-order valence-corrected chi connectivity index (χ1v) is 6.16. The molecule has 3 N–H and O–H groups in total. The number of rotatable bonds is 5. The molecule has 1 aromatic carbocycles. The van der Waals surface area contributed by atoms with Crippen molar-refractivity contribution in [3.05, 3.63) is 35.6 Å². The van der Waals surface area contributed by atoms with Crippen LogP contribution in [0.2, 0.25) is 0 Å². The zero-order chi connectivity index (χ0) is 13.0. The average molecular weight is 246 g/mol. The molecule has 1 amide bonds. The van der Waals surface area contributed by atoms with Gasteiger partial charge in [-0.2, -0.15) is 0 Å². The minimum absolute atomic E-state index is 0.0142. The Hall–Kier alpha value is -1.81. The number of amides is 1. The van der Waals surface area contributed by atoms with Crippen molar-refractivity contribution in [2.45, 2.75) is 26.3 Å². The molecule has 0 saturated carbocycles. The van der Waals surface area contributed by atoms with Crippen LogP contribution in [0, 0.1) is 6.92 Å². The van der Waals surface area contributed by atoms with Gasteiger partial charge >= 0.3 is 0 Å². The summed E-state index contributed by atoms with van der Waals surface area (Å²) in [5, 5.41) is 3.95. The Labute approximate surface area is 106 Å². The lowest BCUT2D eigenvalue weighted by molar-refractivity contribution is -0.121. The fraction of sp³-hybridized carbons (Fsp3) is 0.357. The fourth-order valence-electron chi connectivity index (χ4n) is 1.92. The molecule has 1 heterocycles. The number of nitrogens with one attached hydrogen (secondary N) is 1. The SMILES string of the molecule is Cc1c(CNC(=O)CCCN)oc2ccccc12. The van der Waals surface area contributed by atoms with Crippen molar-refractivity contribution in [1.82, 2.24) is 5.32 Å². The monoisotopic (exact) mass is 246 g/mol. The summed E-state index contributed by atoms with van der Waals surface area (Å²) >= 11 is 0. The van der Waals surface area contributed by atoms with Gasteiger partial charge in [-0.15, -0.1) is 0 Å². The van der Waals surface area contributed by atoms with Crippen LogP contribution in [0.1, 0.15) is 24.2 Å². The highest BCUT2D eigenvalue weighted by atomic mass is 16.3. The van der Waals surface area contributed by atoms with Crippen LogP contribution < -0.4 is 11.1 Å². The first-order chi connectivity index (χ1) is 8.72. The number of para-hydroxylation sites is 1. The molecule has 0 atom stereocenters. The van der Waals surface area contributed by atoms with E-state index in [0.717, 1.165) is 22.3 Å². The molecule has 0 unspecified atom stereocenters. The van der Waals surface area contributed by atoms with E-state index in [1.54, 1.807) is 0 Å². The van der Waals surface area contributed by atoms with Gasteiger partial charge in [-0.1, -0.05) is 18.2 Å². The molecule has 0 bridgehead atoms. The molecule has 0 radical (unpaired) electrons. The molecule has 0 aliphatic carbocycles. The molecular formula is C14H18N2O2. The lowest BCUT2D eigenvalue weighted by Gasteiger charge is -2.03. The van der Waals surface area contributed by atoms with Gasteiger partial charge in [0.05, 0.1) is 6.54 Å². The van der Waals surface area contributed by atoms with Gasteiger partial charge in [0.25, 0.3) is 0 Å². The number of hydrogen-bond donors (Lipinski definition) is 2. The summed E-state index contributed by atoms with van der Waals surface area (Å²) in [5.74, 6) is 0.831. The Balaban J connectivity index is 2.03. The van der Waals surface area contributed by atoms with Gasteiger partial charge in [0.1, 0.15) is 11.3 Å². The predicted octanol–water partition coefficient (Wildman–Crippen LogP) is 2.10. The third-order valence-electron chi connectivity index (χ3n) is 3.00. The van der Waals surface area contributed by atoms with Gasteiger partial charge in [-0.25, -0.2) is 0 Å². The van der Waals surface area contributed by atoms with Crippen LogP contribution in [0.15, 0.2) is 28.7 Å². The molecule has 2 aromatic rings. The second kappa shape index (κ2) is 5.69. The van der Waals surface area contributed by atoms with Crippen LogP contribution in [0.3, 0.4) is 0 Å². The third kappa shape index (κ3) is 2.71. The van der Waals surface area contributed by atoms with Crippen LogP contribution in [-0.2, 0) is 11.3 Å². The Morgan fingerprint density at radius 3 is 2.89 bits per heavy atom. The molecule has 1 aromatic heterocycles. The van der Waals surface area contributed by atoms with Gasteiger partial charge in [-0.3, -0.25) is 4.79 Å². The molecule has 96 valence electrons. The molecule has 2 rings (SSSR count). The van der Waals surface area contributed by atoms with Crippen LogP contribution >= 0.6 is 0 Å². The molecule has 0 saturated heterocycles. The van der Waals surface area contributed by atoms with Gasteiger partial charge in [-0.05, 0) is 26.0 Å². The predicted molar refractivity (Wildman–Crippen MR) is 71.1 cm³/mol. The van der Waals surface area contributed by atoms with Crippen molar-refractivity contribution in [2.24, 2.45) is 5.73 Å². The van der Waals surface area contributed by atoms with Crippen LogP contribution in [0.25, 0.3) is 11.0 Å². The van der Waals surface area contributed by atoms with Crippen LogP contribution in [0.4, 0.5) is 0 Å². The maximum atomic E-state index is 11.5. The quantitative estimate of drug-likeness (QED) is 0.848. The zero-order valence-electron chi connectivity index (χ0n) is 10.5. The summed E-state index contributed by atoms with van der Waals surface area (Å²) in [6.07, 6.45) is 1.18. The highest BCUT2D eigenvalue weighted by Gasteiger charge is 2.10. The van der Waals surface area contributed by atoms with Gasteiger partial charge < -0.3 is 15.5 Å². The summed E-state index contributed by atoms with van der Waals surface area (Å²) < 4.78 is 5.71. The van der Waals surface area contributed by atoms with Crippen molar-refractivity contribution in [3.63, 3.8) is 0 Å². The molecule has 0 spiro atoms. The largest absolute Gasteiger partial charge is 0.459 e.